The SMILES string of the molecule is CCCCCC1c2ccccc2CCC1COC. The Labute approximate surface area is 112 Å². The fourth-order valence-corrected chi connectivity index (χ4v) is 3.34. The highest BCUT2D eigenvalue weighted by atomic mass is 16.5. The van der Waals surface area contributed by atoms with Crippen LogP contribution in [0.3, 0.4) is 0 Å². The molecule has 1 heteroatoms. The molecule has 2 rings (SSSR count). The first-order valence-corrected chi connectivity index (χ1v) is 7.43. The van der Waals surface area contributed by atoms with Gasteiger partial charge in [0.15, 0.2) is 0 Å². The molecule has 0 aliphatic heterocycles. The summed E-state index contributed by atoms with van der Waals surface area (Å²) in [5.74, 6) is 1.45. The predicted molar refractivity (Wildman–Crippen MR) is 77.0 cm³/mol. The van der Waals surface area contributed by atoms with Crippen LogP contribution in [-0.2, 0) is 11.2 Å². The molecule has 1 aromatic rings. The standard InChI is InChI=1S/C17H26O/c1-3-4-5-9-17-15(13-18-2)12-11-14-8-6-7-10-16(14)17/h6-8,10,15,17H,3-5,9,11-13H2,1-2H3. The molecule has 100 valence electrons. The van der Waals surface area contributed by atoms with E-state index in [1.165, 1.54) is 38.5 Å². The molecule has 0 spiro atoms. The average Bonchev–Trinajstić information content (AvgIpc) is 2.41. The number of methoxy groups -OCH3 is 1. The Morgan fingerprint density at radius 3 is 2.83 bits per heavy atom. The molecular weight excluding hydrogens is 220 g/mol. The monoisotopic (exact) mass is 246 g/mol. The zero-order valence-corrected chi connectivity index (χ0v) is 11.8. The van der Waals surface area contributed by atoms with Crippen molar-refractivity contribution in [3.8, 4) is 0 Å². The molecule has 0 fully saturated rings. The van der Waals surface area contributed by atoms with Crippen molar-refractivity contribution in [2.45, 2.75) is 51.4 Å². The van der Waals surface area contributed by atoms with Crippen molar-refractivity contribution in [2.75, 3.05) is 13.7 Å². The van der Waals surface area contributed by atoms with Gasteiger partial charge in [0.2, 0.25) is 0 Å². The Bertz CT molecular complexity index is 358. The molecule has 2 unspecified atom stereocenters. The molecule has 0 saturated heterocycles. The minimum atomic E-state index is 0.724. The van der Waals surface area contributed by atoms with Crippen molar-refractivity contribution in [1.29, 1.82) is 0 Å². The van der Waals surface area contributed by atoms with Gasteiger partial charge in [-0.05, 0) is 42.2 Å². The fraction of sp³-hybridized carbons (Fsp3) is 0.647. The van der Waals surface area contributed by atoms with Crippen molar-refractivity contribution >= 4 is 0 Å². The van der Waals surface area contributed by atoms with Gasteiger partial charge in [-0.15, -0.1) is 0 Å². The Hall–Kier alpha value is -0.820. The average molecular weight is 246 g/mol. The zero-order valence-electron chi connectivity index (χ0n) is 11.8. The Balaban J connectivity index is 2.12. The number of rotatable bonds is 6. The first kappa shape index (κ1) is 13.6. The van der Waals surface area contributed by atoms with Gasteiger partial charge in [-0.3, -0.25) is 0 Å². The molecule has 0 aromatic heterocycles. The van der Waals surface area contributed by atoms with Gasteiger partial charge in [-0.25, -0.2) is 0 Å². The lowest BCUT2D eigenvalue weighted by Gasteiger charge is -2.33. The molecule has 1 aliphatic rings. The highest BCUT2D eigenvalue weighted by Crippen LogP contribution is 2.39. The van der Waals surface area contributed by atoms with Gasteiger partial charge in [0.05, 0.1) is 0 Å². The van der Waals surface area contributed by atoms with Gasteiger partial charge in [-0.2, -0.15) is 0 Å². The van der Waals surface area contributed by atoms with E-state index in [-0.39, 0.29) is 0 Å². The van der Waals surface area contributed by atoms with E-state index in [4.69, 9.17) is 4.74 Å². The Morgan fingerprint density at radius 2 is 2.06 bits per heavy atom. The lowest BCUT2D eigenvalue weighted by Crippen LogP contribution is -2.24. The minimum absolute atomic E-state index is 0.724. The number of benzene rings is 1. The normalized spacial score (nSPS) is 22.8. The van der Waals surface area contributed by atoms with Crippen LogP contribution in [0, 0.1) is 5.92 Å². The Kier molecular flexibility index (Phi) is 5.25. The van der Waals surface area contributed by atoms with E-state index >= 15 is 0 Å². The quantitative estimate of drug-likeness (QED) is 0.669. The second-order valence-electron chi connectivity index (χ2n) is 5.56. The molecule has 0 radical (unpaired) electrons. The van der Waals surface area contributed by atoms with E-state index in [1.807, 2.05) is 7.11 Å². The van der Waals surface area contributed by atoms with Crippen molar-refractivity contribution < 1.29 is 4.74 Å². The molecule has 0 heterocycles. The molecule has 1 nitrogen and oxygen atoms in total. The number of fused-ring (bicyclic) bond motifs is 1. The number of hydrogen-bond donors (Lipinski definition) is 0. The topological polar surface area (TPSA) is 9.23 Å². The van der Waals surface area contributed by atoms with Crippen LogP contribution in [0.2, 0.25) is 0 Å². The molecule has 0 N–H and O–H groups in total. The molecule has 1 aliphatic carbocycles. The fourth-order valence-electron chi connectivity index (χ4n) is 3.34. The maximum Gasteiger partial charge on any atom is 0.0496 e. The predicted octanol–water partition coefficient (Wildman–Crippen LogP) is 4.56. The third-order valence-electron chi connectivity index (χ3n) is 4.31. The van der Waals surface area contributed by atoms with Crippen LogP contribution in [0.1, 0.15) is 56.1 Å². The van der Waals surface area contributed by atoms with E-state index in [0.717, 1.165) is 18.4 Å². The summed E-state index contributed by atoms with van der Waals surface area (Å²) in [5, 5.41) is 0. The van der Waals surface area contributed by atoms with E-state index in [0.29, 0.717) is 0 Å². The second-order valence-corrected chi connectivity index (χ2v) is 5.56. The summed E-state index contributed by atoms with van der Waals surface area (Å²) in [7, 11) is 1.84. The molecule has 18 heavy (non-hydrogen) atoms. The van der Waals surface area contributed by atoms with Gasteiger partial charge < -0.3 is 4.74 Å². The van der Waals surface area contributed by atoms with Gasteiger partial charge in [0.1, 0.15) is 0 Å². The summed E-state index contributed by atoms with van der Waals surface area (Å²) in [6, 6.07) is 9.03. The number of hydrogen-bond acceptors (Lipinski definition) is 1. The van der Waals surface area contributed by atoms with Gasteiger partial charge in [0.25, 0.3) is 0 Å². The maximum atomic E-state index is 5.43. The van der Waals surface area contributed by atoms with Crippen LogP contribution < -0.4 is 0 Å². The molecule has 1 aromatic carbocycles. The second kappa shape index (κ2) is 6.94. The number of ether oxygens (including phenoxy) is 1. The lowest BCUT2D eigenvalue weighted by molar-refractivity contribution is 0.126. The first-order valence-electron chi connectivity index (χ1n) is 7.43. The third kappa shape index (κ3) is 3.14. The first-order chi connectivity index (χ1) is 8.86. The summed E-state index contributed by atoms with van der Waals surface area (Å²) >= 11 is 0. The lowest BCUT2D eigenvalue weighted by atomic mass is 9.73. The van der Waals surface area contributed by atoms with Crippen molar-refractivity contribution in [1.82, 2.24) is 0 Å². The van der Waals surface area contributed by atoms with Gasteiger partial charge >= 0.3 is 0 Å². The van der Waals surface area contributed by atoms with Crippen LogP contribution >= 0.6 is 0 Å². The van der Waals surface area contributed by atoms with Crippen molar-refractivity contribution in [3.05, 3.63) is 35.4 Å². The molecule has 0 bridgehead atoms. The summed E-state index contributed by atoms with van der Waals surface area (Å²) < 4.78 is 5.43. The van der Waals surface area contributed by atoms with E-state index in [1.54, 1.807) is 11.1 Å². The van der Waals surface area contributed by atoms with Crippen LogP contribution in [0.15, 0.2) is 24.3 Å². The number of aryl methyl sites for hydroxylation is 1. The highest BCUT2D eigenvalue weighted by molar-refractivity contribution is 5.33. The highest BCUT2D eigenvalue weighted by Gasteiger charge is 2.28. The summed E-state index contributed by atoms with van der Waals surface area (Å²) in [6.07, 6.45) is 7.88. The maximum absolute atomic E-state index is 5.43. The minimum Gasteiger partial charge on any atom is -0.384 e. The van der Waals surface area contributed by atoms with Crippen molar-refractivity contribution in [3.63, 3.8) is 0 Å². The van der Waals surface area contributed by atoms with Crippen molar-refractivity contribution in [2.24, 2.45) is 5.92 Å². The van der Waals surface area contributed by atoms with Gasteiger partial charge in [0, 0.05) is 13.7 Å². The van der Waals surface area contributed by atoms with E-state index in [2.05, 4.69) is 31.2 Å². The van der Waals surface area contributed by atoms with Crippen LogP contribution in [0.4, 0.5) is 0 Å². The van der Waals surface area contributed by atoms with Crippen LogP contribution in [0.25, 0.3) is 0 Å². The number of unbranched alkanes of at least 4 members (excludes halogenated alkanes) is 2. The van der Waals surface area contributed by atoms with Crippen LogP contribution in [0.5, 0.6) is 0 Å². The molecular formula is C17H26O. The van der Waals surface area contributed by atoms with E-state index < -0.39 is 0 Å². The molecule has 2 atom stereocenters. The Morgan fingerprint density at radius 1 is 1.22 bits per heavy atom. The smallest absolute Gasteiger partial charge is 0.0496 e. The van der Waals surface area contributed by atoms with E-state index in [9.17, 15) is 0 Å². The summed E-state index contributed by atoms with van der Waals surface area (Å²) in [5.41, 5.74) is 3.17. The third-order valence-corrected chi connectivity index (χ3v) is 4.31. The molecule has 0 amide bonds. The zero-order chi connectivity index (χ0) is 12.8. The summed E-state index contributed by atoms with van der Waals surface area (Å²) in [6.45, 7) is 3.20. The molecule has 0 saturated carbocycles. The largest absolute Gasteiger partial charge is 0.384 e. The van der Waals surface area contributed by atoms with Crippen LogP contribution in [-0.4, -0.2) is 13.7 Å². The van der Waals surface area contributed by atoms with Gasteiger partial charge in [-0.1, -0.05) is 50.5 Å². The summed E-state index contributed by atoms with van der Waals surface area (Å²) in [4.78, 5) is 0.